The molecule has 0 aromatic heterocycles. The van der Waals surface area contributed by atoms with Crippen LogP contribution in [0.4, 0.5) is 0 Å². The maximum Gasteiger partial charge on any atom is 0.0515 e. The van der Waals surface area contributed by atoms with Gasteiger partial charge in [-0.3, -0.25) is 0 Å². The van der Waals surface area contributed by atoms with Gasteiger partial charge in [0.1, 0.15) is 0 Å². The number of aliphatic hydroxyl groups excluding tert-OH is 1. The molecule has 3 unspecified atom stereocenters. The third-order valence-corrected chi connectivity index (χ3v) is 3.93. The number of aliphatic hydroxyl groups is 1. The highest BCUT2D eigenvalue weighted by Gasteiger charge is 2.23. The van der Waals surface area contributed by atoms with Gasteiger partial charge in [-0.25, -0.2) is 0 Å². The standard InChI is InChI=1S/C18H31NO/c1-14(11-16(3)20)13-19-15(2)12-18(4,5)17-9-7-6-8-10-17/h6-10,14-16,19-20H,11-13H2,1-5H3. The molecule has 2 N–H and O–H groups in total. The maximum atomic E-state index is 9.40. The lowest BCUT2D eigenvalue weighted by Gasteiger charge is -2.30. The molecule has 20 heavy (non-hydrogen) atoms. The van der Waals surface area contributed by atoms with Crippen LogP contribution in [0.1, 0.15) is 53.0 Å². The lowest BCUT2D eigenvalue weighted by Crippen LogP contribution is -2.36. The van der Waals surface area contributed by atoms with Gasteiger partial charge < -0.3 is 10.4 Å². The molecule has 0 radical (unpaired) electrons. The number of rotatable bonds is 8. The fourth-order valence-electron chi connectivity index (χ4n) is 2.91. The highest BCUT2D eigenvalue weighted by Crippen LogP contribution is 2.28. The van der Waals surface area contributed by atoms with Crippen LogP contribution in [-0.4, -0.2) is 23.8 Å². The van der Waals surface area contributed by atoms with Crippen LogP contribution in [0.25, 0.3) is 0 Å². The first kappa shape index (κ1) is 17.2. The number of nitrogens with one attached hydrogen (secondary N) is 1. The maximum absolute atomic E-state index is 9.40. The molecule has 0 heterocycles. The van der Waals surface area contributed by atoms with Crippen molar-refractivity contribution in [1.82, 2.24) is 5.32 Å². The summed E-state index contributed by atoms with van der Waals surface area (Å²) in [5.74, 6) is 0.511. The average Bonchev–Trinajstić information content (AvgIpc) is 2.36. The number of hydrogen-bond donors (Lipinski definition) is 2. The van der Waals surface area contributed by atoms with Gasteiger partial charge in [0.05, 0.1) is 6.10 Å². The van der Waals surface area contributed by atoms with Crippen molar-refractivity contribution in [3.63, 3.8) is 0 Å². The summed E-state index contributed by atoms with van der Waals surface area (Å²) in [6.45, 7) is 11.9. The van der Waals surface area contributed by atoms with Crippen LogP contribution >= 0.6 is 0 Å². The largest absolute Gasteiger partial charge is 0.393 e. The molecule has 0 aliphatic heterocycles. The van der Waals surface area contributed by atoms with Crippen molar-refractivity contribution < 1.29 is 5.11 Å². The molecule has 0 aliphatic rings. The summed E-state index contributed by atoms with van der Waals surface area (Å²) >= 11 is 0. The van der Waals surface area contributed by atoms with Crippen LogP contribution in [0.15, 0.2) is 30.3 Å². The van der Waals surface area contributed by atoms with E-state index in [9.17, 15) is 5.11 Å². The predicted octanol–water partition coefficient (Wildman–Crippen LogP) is 3.74. The second kappa shape index (κ2) is 7.80. The molecule has 0 aliphatic carbocycles. The zero-order valence-electron chi connectivity index (χ0n) is 13.7. The Morgan fingerprint density at radius 1 is 1.10 bits per heavy atom. The van der Waals surface area contributed by atoms with Gasteiger partial charge in [0.25, 0.3) is 0 Å². The van der Waals surface area contributed by atoms with Crippen LogP contribution in [0, 0.1) is 5.92 Å². The Labute approximate surface area is 124 Å². The molecule has 2 heteroatoms. The number of benzene rings is 1. The summed E-state index contributed by atoms with van der Waals surface area (Å²) in [5, 5.41) is 13.0. The van der Waals surface area contributed by atoms with Crippen LogP contribution in [-0.2, 0) is 5.41 Å². The van der Waals surface area contributed by atoms with Crippen molar-refractivity contribution in [2.75, 3.05) is 6.54 Å². The molecular weight excluding hydrogens is 246 g/mol. The summed E-state index contributed by atoms with van der Waals surface area (Å²) in [4.78, 5) is 0. The van der Waals surface area contributed by atoms with Gasteiger partial charge in [0.2, 0.25) is 0 Å². The Bertz CT molecular complexity index is 372. The van der Waals surface area contributed by atoms with Gasteiger partial charge in [-0.1, -0.05) is 51.1 Å². The van der Waals surface area contributed by atoms with Gasteiger partial charge in [0, 0.05) is 6.04 Å². The third-order valence-electron chi connectivity index (χ3n) is 3.93. The SMILES string of the molecule is CC(O)CC(C)CNC(C)CC(C)(C)c1ccccc1. The van der Waals surface area contributed by atoms with Crippen LogP contribution in [0.3, 0.4) is 0 Å². The Morgan fingerprint density at radius 3 is 2.25 bits per heavy atom. The van der Waals surface area contributed by atoms with E-state index < -0.39 is 0 Å². The van der Waals surface area contributed by atoms with E-state index in [-0.39, 0.29) is 11.5 Å². The summed E-state index contributed by atoms with van der Waals surface area (Å²) < 4.78 is 0. The lowest BCUT2D eigenvalue weighted by atomic mass is 9.79. The lowest BCUT2D eigenvalue weighted by molar-refractivity contribution is 0.162. The van der Waals surface area contributed by atoms with E-state index in [2.05, 4.69) is 63.3 Å². The molecule has 1 aromatic rings. The van der Waals surface area contributed by atoms with E-state index in [1.807, 2.05) is 6.92 Å². The molecule has 0 saturated carbocycles. The van der Waals surface area contributed by atoms with E-state index >= 15 is 0 Å². The number of hydrogen-bond acceptors (Lipinski definition) is 2. The second-order valence-electron chi connectivity index (χ2n) is 6.95. The van der Waals surface area contributed by atoms with Crippen molar-refractivity contribution >= 4 is 0 Å². The molecule has 114 valence electrons. The smallest absolute Gasteiger partial charge is 0.0515 e. The van der Waals surface area contributed by atoms with Crippen molar-refractivity contribution in [3.05, 3.63) is 35.9 Å². The van der Waals surface area contributed by atoms with E-state index in [0.29, 0.717) is 12.0 Å². The fourth-order valence-corrected chi connectivity index (χ4v) is 2.91. The third kappa shape index (κ3) is 6.06. The monoisotopic (exact) mass is 277 g/mol. The summed E-state index contributed by atoms with van der Waals surface area (Å²) in [6.07, 6.45) is 1.77. The molecule has 0 amide bonds. The van der Waals surface area contributed by atoms with Crippen molar-refractivity contribution in [3.8, 4) is 0 Å². The highest BCUT2D eigenvalue weighted by atomic mass is 16.3. The van der Waals surface area contributed by atoms with Gasteiger partial charge in [-0.2, -0.15) is 0 Å². The van der Waals surface area contributed by atoms with E-state index in [1.54, 1.807) is 0 Å². The zero-order valence-corrected chi connectivity index (χ0v) is 13.7. The average molecular weight is 277 g/mol. The predicted molar refractivity (Wildman–Crippen MR) is 87.0 cm³/mol. The van der Waals surface area contributed by atoms with Gasteiger partial charge in [-0.05, 0) is 50.1 Å². The molecular formula is C18H31NO. The van der Waals surface area contributed by atoms with Crippen molar-refractivity contribution in [2.24, 2.45) is 5.92 Å². The van der Waals surface area contributed by atoms with E-state index in [1.165, 1.54) is 5.56 Å². The minimum Gasteiger partial charge on any atom is -0.393 e. The molecule has 3 atom stereocenters. The first-order valence-electron chi connectivity index (χ1n) is 7.78. The van der Waals surface area contributed by atoms with Crippen LogP contribution in [0.5, 0.6) is 0 Å². The topological polar surface area (TPSA) is 32.3 Å². The van der Waals surface area contributed by atoms with Crippen molar-refractivity contribution in [1.29, 1.82) is 0 Å². The Morgan fingerprint density at radius 2 is 1.70 bits per heavy atom. The molecule has 2 nitrogen and oxygen atoms in total. The minimum atomic E-state index is -0.206. The minimum absolute atomic E-state index is 0.182. The first-order chi connectivity index (χ1) is 9.31. The molecule has 0 fully saturated rings. The van der Waals surface area contributed by atoms with Gasteiger partial charge in [-0.15, -0.1) is 0 Å². The molecule has 0 spiro atoms. The van der Waals surface area contributed by atoms with Gasteiger partial charge in [0.15, 0.2) is 0 Å². The quantitative estimate of drug-likeness (QED) is 0.758. The molecule has 1 rings (SSSR count). The van der Waals surface area contributed by atoms with Crippen LogP contribution < -0.4 is 5.32 Å². The Kier molecular flexibility index (Phi) is 6.70. The highest BCUT2D eigenvalue weighted by molar-refractivity contribution is 5.23. The fraction of sp³-hybridized carbons (Fsp3) is 0.667. The summed E-state index contributed by atoms with van der Waals surface area (Å²) in [7, 11) is 0. The molecule has 0 bridgehead atoms. The Balaban J connectivity index is 2.43. The van der Waals surface area contributed by atoms with E-state index in [4.69, 9.17) is 0 Å². The van der Waals surface area contributed by atoms with Gasteiger partial charge >= 0.3 is 0 Å². The molecule has 0 saturated heterocycles. The van der Waals surface area contributed by atoms with E-state index in [0.717, 1.165) is 19.4 Å². The second-order valence-corrected chi connectivity index (χ2v) is 6.95. The first-order valence-corrected chi connectivity index (χ1v) is 7.78. The van der Waals surface area contributed by atoms with Crippen LogP contribution in [0.2, 0.25) is 0 Å². The molecule has 1 aromatic carbocycles. The van der Waals surface area contributed by atoms with Crippen molar-refractivity contribution in [2.45, 2.75) is 65.0 Å². The summed E-state index contributed by atoms with van der Waals surface area (Å²) in [6, 6.07) is 11.2. The normalized spacial score (nSPS) is 16.7. The summed E-state index contributed by atoms with van der Waals surface area (Å²) in [5.41, 5.74) is 1.58. The zero-order chi connectivity index (χ0) is 15.2. The Hall–Kier alpha value is -0.860.